The molecule has 0 bridgehead atoms. The van der Waals surface area contributed by atoms with Crippen LogP contribution in [-0.2, 0) is 11.2 Å². The number of amides is 1. The number of carbonyl (C=O) groups excluding carboxylic acids is 1. The van der Waals surface area contributed by atoms with Crippen molar-refractivity contribution in [3.63, 3.8) is 0 Å². The second-order valence-electron chi connectivity index (χ2n) is 6.42. The summed E-state index contributed by atoms with van der Waals surface area (Å²) in [5.74, 6) is 1.36. The van der Waals surface area contributed by atoms with Gasteiger partial charge in [-0.05, 0) is 49.3 Å². The van der Waals surface area contributed by atoms with Crippen molar-refractivity contribution in [2.24, 2.45) is 23.5 Å². The van der Waals surface area contributed by atoms with Gasteiger partial charge in [-0.3, -0.25) is 4.79 Å². The number of anilines is 1. The number of hydrogen-bond donors (Lipinski definition) is 1. The molecule has 1 aromatic carbocycles. The van der Waals surface area contributed by atoms with Crippen molar-refractivity contribution in [2.45, 2.75) is 32.6 Å². The van der Waals surface area contributed by atoms with E-state index in [-0.39, 0.29) is 5.92 Å². The summed E-state index contributed by atoms with van der Waals surface area (Å²) in [4.78, 5) is 15.0. The maximum absolute atomic E-state index is 12.9. The van der Waals surface area contributed by atoms with Gasteiger partial charge in [0.15, 0.2) is 0 Å². The van der Waals surface area contributed by atoms with E-state index in [1.54, 1.807) is 0 Å². The lowest BCUT2D eigenvalue weighted by Gasteiger charge is -2.35. The molecule has 0 spiro atoms. The molecular formula is C17H24N2O. The second kappa shape index (κ2) is 5.57. The van der Waals surface area contributed by atoms with Crippen LogP contribution in [0.5, 0.6) is 0 Å². The van der Waals surface area contributed by atoms with E-state index in [4.69, 9.17) is 5.73 Å². The van der Waals surface area contributed by atoms with Crippen LogP contribution in [0.25, 0.3) is 0 Å². The highest BCUT2D eigenvalue weighted by molar-refractivity contribution is 5.96. The Kier molecular flexibility index (Phi) is 3.79. The van der Waals surface area contributed by atoms with E-state index in [2.05, 4.69) is 25.1 Å². The molecule has 0 saturated heterocycles. The Labute approximate surface area is 121 Å². The van der Waals surface area contributed by atoms with Gasteiger partial charge in [0.05, 0.1) is 0 Å². The number of para-hydroxylation sites is 1. The number of nitrogens with zero attached hydrogens (tertiary/aromatic N) is 1. The summed E-state index contributed by atoms with van der Waals surface area (Å²) in [5, 5.41) is 0. The Hall–Kier alpha value is -1.35. The summed E-state index contributed by atoms with van der Waals surface area (Å²) < 4.78 is 0. The largest absolute Gasteiger partial charge is 0.330 e. The maximum Gasteiger partial charge on any atom is 0.230 e. The molecule has 20 heavy (non-hydrogen) atoms. The highest BCUT2D eigenvalue weighted by atomic mass is 16.2. The predicted octanol–water partition coefficient (Wildman–Crippen LogP) is 2.59. The SMILES string of the molecule is CC1Cc2ccccc2N(C(=O)C2CCCC2CN)C1. The van der Waals surface area contributed by atoms with Crippen LogP contribution < -0.4 is 10.6 Å². The van der Waals surface area contributed by atoms with Gasteiger partial charge < -0.3 is 10.6 Å². The minimum atomic E-state index is 0.137. The number of rotatable bonds is 2. The lowest BCUT2D eigenvalue weighted by atomic mass is 9.90. The molecule has 1 aromatic rings. The first-order valence-corrected chi connectivity index (χ1v) is 7.80. The third-order valence-electron chi connectivity index (χ3n) is 4.89. The lowest BCUT2D eigenvalue weighted by molar-refractivity contribution is -0.123. The van der Waals surface area contributed by atoms with Gasteiger partial charge in [-0.25, -0.2) is 0 Å². The van der Waals surface area contributed by atoms with Gasteiger partial charge in [0, 0.05) is 18.2 Å². The molecule has 0 radical (unpaired) electrons. The van der Waals surface area contributed by atoms with E-state index in [0.717, 1.165) is 37.9 Å². The van der Waals surface area contributed by atoms with Crippen molar-refractivity contribution < 1.29 is 4.79 Å². The summed E-state index contributed by atoms with van der Waals surface area (Å²) in [7, 11) is 0. The Balaban J connectivity index is 1.88. The average molecular weight is 272 g/mol. The van der Waals surface area contributed by atoms with Crippen LogP contribution in [0.4, 0.5) is 5.69 Å². The van der Waals surface area contributed by atoms with Gasteiger partial charge in [0.25, 0.3) is 0 Å². The predicted molar refractivity (Wildman–Crippen MR) is 81.5 cm³/mol. The van der Waals surface area contributed by atoms with Gasteiger partial charge in [-0.2, -0.15) is 0 Å². The number of nitrogens with two attached hydrogens (primary N) is 1. The molecule has 0 aromatic heterocycles. The third-order valence-corrected chi connectivity index (χ3v) is 4.89. The Morgan fingerprint density at radius 1 is 1.35 bits per heavy atom. The van der Waals surface area contributed by atoms with Crippen LogP contribution >= 0.6 is 0 Å². The minimum absolute atomic E-state index is 0.137. The first-order valence-electron chi connectivity index (χ1n) is 7.80. The van der Waals surface area contributed by atoms with Crippen molar-refractivity contribution in [2.75, 3.05) is 18.0 Å². The molecule has 3 rings (SSSR count). The monoisotopic (exact) mass is 272 g/mol. The fraction of sp³-hybridized carbons (Fsp3) is 0.588. The van der Waals surface area contributed by atoms with Crippen molar-refractivity contribution in [3.05, 3.63) is 29.8 Å². The number of hydrogen-bond acceptors (Lipinski definition) is 2. The third kappa shape index (κ3) is 2.35. The van der Waals surface area contributed by atoms with Gasteiger partial charge >= 0.3 is 0 Å². The minimum Gasteiger partial charge on any atom is -0.330 e. The highest BCUT2D eigenvalue weighted by Crippen LogP contribution is 2.36. The first kappa shape index (κ1) is 13.6. The van der Waals surface area contributed by atoms with E-state index in [9.17, 15) is 4.79 Å². The molecule has 3 nitrogen and oxygen atoms in total. The molecule has 3 heteroatoms. The molecule has 3 atom stereocenters. The Bertz CT molecular complexity index is 500. The standard InChI is InChI=1S/C17H24N2O/c1-12-9-13-5-2-3-8-16(13)19(11-12)17(20)15-7-4-6-14(15)10-18/h2-3,5,8,12,14-15H,4,6-7,9-11,18H2,1H3. The summed E-state index contributed by atoms with van der Waals surface area (Å²) in [6.45, 7) is 3.72. The van der Waals surface area contributed by atoms with Crippen molar-refractivity contribution >= 4 is 11.6 Å². The molecule has 1 aliphatic carbocycles. The zero-order valence-electron chi connectivity index (χ0n) is 12.2. The molecule has 3 unspecified atom stereocenters. The summed E-state index contributed by atoms with van der Waals surface area (Å²) in [5.41, 5.74) is 8.27. The number of fused-ring (bicyclic) bond motifs is 1. The normalized spacial score (nSPS) is 29.3. The number of carbonyl (C=O) groups is 1. The summed E-state index contributed by atoms with van der Waals surface area (Å²) >= 11 is 0. The van der Waals surface area contributed by atoms with Crippen molar-refractivity contribution in [3.8, 4) is 0 Å². The molecule has 1 saturated carbocycles. The van der Waals surface area contributed by atoms with E-state index in [1.807, 2.05) is 11.0 Å². The number of benzene rings is 1. The summed E-state index contributed by atoms with van der Waals surface area (Å²) in [6, 6.07) is 8.34. The molecule has 1 amide bonds. The maximum atomic E-state index is 12.9. The van der Waals surface area contributed by atoms with Crippen LogP contribution in [0.3, 0.4) is 0 Å². The molecular weight excluding hydrogens is 248 g/mol. The van der Waals surface area contributed by atoms with Crippen LogP contribution in [0, 0.1) is 17.8 Å². The van der Waals surface area contributed by atoms with E-state index < -0.39 is 0 Å². The Morgan fingerprint density at radius 3 is 2.95 bits per heavy atom. The molecule has 2 N–H and O–H groups in total. The summed E-state index contributed by atoms with van der Waals surface area (Å²) in [6.07, 6.45) is 4.33. The van der Waals surface area contributed by atoms with Crippen LogP contribution in [0.15, 0.2) is 24.3 Å². The average Bonchev–Trinajstić information content (AvgIpc) is 2.94. The van der Waals surface area contributed by atoms with Crippen LogP contribution in [-0.4, -0.2) is 19.0 Å². The van der Waals surface area contributed by atoms with Crippen LogP contribution in [0.2, 0.25) is 0 Å². The molecule has 108 valence electrons. The fourth-order valence-electron chi connectivity index (χ4n) is 3.85. The van der Waals surface area contributed by atoms with Gasteiger partial charge in [-0.1, -0.05) is 31.5 Å². The van der Waals surface area contributed by atoms with Gasteiger partial charge in [0.2, 0.25) is 5.91 Å². The smallest absolute Gasteiger partial charge is 0.230 e. The molecule has 2 aliphatic rings. The lowest BCUT2D eigenvalue weighted by Crippen LogP contribution is -2.44. The van der Waals surface area contributed by atoms with E-state index in [0.29, 0.717) is 24.3 Å². The first-order chi connectivity index (χ1) is 9.70. The Morgan fingerprint density at radius 2 is 2.15 bits per heavy atom. The fourth-order valence-corrected chi connectivity index (χ4v) is 3.85. The second-order valence-corrected chi connectivity index (χ2v) is 6.42. The van der Waals surface area contributed by atoms with Gasteiger partial charge in [-0.15, -0.1) is 0 Å². The topological polar surface area (TPSA) is 46.3 Å². The van der Waals surface area contributed by atoms with E-state index >= 15 is 0 Å². The molecule has 1 aliphatic heterocycles. The van der Waals surface area contributed by atoms with E-state index in [1.165, 1.54) is 5.56 Å². The quantitative estimate of drug-likeness (QED) is 0.899. The van der Waals surface area contributed by atoms with Crippen molar-refractivity contribution in [1.29, 1.82) is 0 Å². The molecule has 1 fully saturated rings. The van der Waals surface area contributed by atoms with Gasteiger partial charge in [0.1, 0.15) is 0 Å². The van der Waals surface area contributed by atoms with Crippen LogP contribution in [0.1, 0.15) is 31.7 Å². The zero-order valence-corrected chi connectivity index (χ0v) is 12.2. The van der Waals surface area contributed by atoms with Crippen molar-refractivity contribution in [1.82, 2.24) is 0 Å². The molecule has 1 heterocycles. The highest BCUT2D eigenvalue weighted by Gasteiger charge is 2.37. The zero-order chi connectivity index (χ0) is 14.1.